The third-order valence-corrected chi connectivity index (χ3v) is 7.02. The summed E-state index contributed by atoms with van der Waals surface area (Å²) in [4.78, 5) is 27.7. The van der Waals surface area contributed by atoms with Crippen LogP contribution in [0.25, 0.3) is 0 Å². The summed E-state index contributed by atoms with van der Waals surface area (Å²) < 4.78 is 31.6. The molecule has 0 heterocycles. The number of ether oxygens (including phenoxy) is 1. The fourth-order valence-corrected chi connectivity index (χ4v) is 4.81. The summed E-state index contributed by atoms with van der Waals surface area (Å²) in [5.74, 6) is 0.351. The molecule has 36 heavy (non-hydrogen) atoms. The topological polar surface area (TPSA) is 96.0 Å². The van der Waals surface area contributed by atoms with E-state index in [1.54, 1.807) is 36.1 Å². The normalized spacial score (nSPS) is 12.2. The van der Waals surface area contributed by atoms with Crippen molar-refractivity contribution in [3.8, 4) is 5.75 Å². The molecule has 1 atom stereocenters. The minimum absolute atomic E-state index is 0.109. The third kappa shape index (κ3) is 8.86. The van der Waals surface area contributed by atoms with E-state index < -0.39 is 16.1 Å². The molecular formula is C27H39N3O5S. The number of hydrogen-bond donors (Lipinski definition) is 1. The summed E-state index contributed by atoms with van der Waals surface area (Å²) in [5.41, 5.74) is 1.50. The van der Waals surface area contributed by atoms with Crippen molar-refractivity contribution in [1.29, 1.82) is 0 Å². The molecule has 0 fully saturated rings. The van der Waals surface area contributed by atoms with E-state index in [1.807, 2.05) is 44.2 Å². The molecule has 8 nitrogen and oxygen atoms in total. The van der Waals surface area contributed by atoms with Crippen molar-refractivity contribution in [1.82, 2.24) is 10.2 Å². The van der Waals surface area contributed by atoms with Gasteiger partial charge in [-0.15, -0.1) is 0 Å². The van der Waals surface area contributed by atoms with Crippen LogP contribution in [0.4, 0.5) is 5.69 Å². The maximum absolute atomic E-state index is 13.3. The second-order valence-electron chi connectivity index (χ2n) is 9.25. The molecule has 0 radical (unpaired) electrons. The average Bonchev–Trinajstić information content (AvgIpc) is 2.85. The molecule has 198 valence electrons. The molecule has 0 aliphatic carbocycles. The maximum Gasteiger partial charge on any atom is 0.242 e. The Kier molecular flexibility index (Phi) is 11.2. The van der Waals surface area contributed by atoms with Gasteiger partial charge in [0, 0.05) is 26.1 Å². The van der Waals surface area contributed by atoms with Crippen LogP contribution in [0, 0.1) is 5.92 Å². The number of nitrogens with zero attached hydrogens (tertiary/aromatic N) is 2. The van der Waals surface area contributed by atoms with E-state index >= 15 is 0 Å². The van der Waals surface area contributed by atoms with Crippen molar-refractivity contribution in [3.05, 3.63) is 60.2 Å². The summed E-state index contributed by atoms with van der Waals surface area (Å²) in [6.07, 6.45) is 2.16. The van der Waals surface area contributed by atoms with Crippen LogP contribution in [0.3, 0.4) is 0 Å². The number of amides is 2. The highest BCUT2D eigenvalue weighted by atomic mass is 32.2. The third-order valence-electron chi connectivity index (χ3n) is 5.84. The van der Waals surface area contributed by atoms with Crippen molar-refractivity contribution in [2.45, 2.75) is 46.1 Å². The lowest BCUT2D eigenvalue weighted by Gasteiger charge is -2.29. The highest BCUT2D eigenvalue weighted by molar-refractivity contribution is 7.92. The van der Waals surface area contributed by atoms with Gasteiger partial charge in [0.15, 0.2) is 0 Å². The summed E-state index contributed by atoms with van der Waals surface area (Å²) >= 11 is 0. The minimum Gasteiger partial charge on any atom is -0.495 e. The van der Waals surface area contributed by atoms with Crippen LogP contribution in [-0.2, 0) is 26.0 Å². The van der Waals surface area contributed by atoms with Crippen LogP contribution in [-0.4, -0.2) is 64.2 Å². The number of benzene rings is 2. The number of hydrogen-bond acceptors (Lipinski definition) is 5. The molecule has 0 spiro atoms. The van der Waals surface area contributed by atoms with E-state index in [-0.39, 0.29) is 24.8 Å². The van der Waals surface area contributed by atoms with E-state index in [0.29, 0.717) is 43.3 Å². The SMILES string of the molecule is COc1ccccc1N(CCCC(=O)N(CCc1ccccc1)C(C)C(=O)NCC(C)C)S(C)(=O)=O. The molecule has 2 amide bonds. The first-order valence-electron chi connectivity index (χ1n) is 12.3. The number of nitrogens with one attached hydrogen (secondary N) is 1. The lowest BCUT2D eigenvalue weighted by Crippen LogP contribution is -2.49. The maximum atomic E-state index is 13.3. The van der Waals surface area contributed by atoms with Gasteiger partial charge in [-0.3, -0.25) is 13.9 Å². The zero-order chi connectivity index (χ0) is 26.7. The van der Waals surface area contributed by atoms with Crippen LogP contribution in [0.5, 0.6) is 5.75 Å². The van der Waals surface area contributed by atoms with Crippen LogP contribution in [0.2, 0.25) is 0 Å². The lowest BCUT2D eigenvalue weighted by molar-refractivity contribution is -0.140. The number of methoxy groups -OCH3 is 1. The van der Waals surface area contributed by atoms with Gasteiger partial charge in [0.1, 0.15) is 11.8 Å². The Morgan fingerprint density at radius 1 is 0.972 bits per heavy atom. The summed E-state index contributed by atoms with van der Waals surface area (Å²) in [5, 5.41) is 2.91. The van der Waals surface area contributed by atoms with Gasteiger partial charge in [-0.2, -0.15) is 0 Å². The quantitative estimate of drug-likeness (QED) is 0.414. The largest absolute Gasteiger partial charge is 0.495 e. The minimum atomic E-state index is -3.60. The number of sulfonamides is 1. The van der Waals surface area contributed by atoms with E-state index in [9.17, 15) is 18.0 Å². The van der Waals surface area contributed by atoms with Gasteiger partial charge in [0.2, 0.25) is 21.8 Å². The Bertz CT molecular complexity index is 1090. The Morgan fingerprint density at radius 3 is 2.22 bits per heavy atom. The smallest absolute Gasteiger partial charge is 0.242 e. The molecule has 2 rings (SSSR count). The molecule has 9 heteroatoms. The molecule has 0 aliphatic heterocycles. The summed E-state index contributed by atoms with van der Waals surface area (Å²) in [6, 6.07) is 16.0. The average molecular weight is 518 g/mol. The van der Waals surface area contributed by atoms with Crippen molar-refractivity contribution in [3.63, 3.8) is 0 Å². The number of para-hydroxylation sites is 2. The van der Waals surface area contributed by atoms with Gasteiger partial charge in [0.05, 0.1) is 19.1 Å². The van der Waals surface area contributed by atoms with Gasteiger partial charge >= 0.3 is 0 Å². The van der Waals surface area contributed by atoms with Gasteiger partial charge in [-0.1, -0.05) is 56.3 Å². The fraction of sp³-hybridized carbons (Fsp3) is 0.481. The standard InChI is InChI=1S/C27H39N3O5S/c1-21(2)20-28-27(32)22(3)29(19-17-23-12-7-6-8-13-23)26(31)16-11-18-30(36(5,33)34)24-14-9-10-15-25(24)35-4/h6-10,12-15,21-22H,11,16-20H2,1-5H3,(H,28,32). The van der Waals surface area contributed by atoms with Gasteiger partial charge in [-0.25, -0.2) is 8.42 Å². The molecular weight excluding hydrogens is 478 g/mol. The Morgan fingerprint density at radius 2 is 1.61 bits per heavy atom. The summed E-state index contributed by atoms with van der Waals surface area (Å²) in [6.45, 7) is 6.80. The Hall–Kier alpha value is -3.07. The second-order valence-corrected chi connectivity index (χ2v) is 11.2. The molecule has 1 unspecified atom stereocenters. The number of anilines is 1. The zero-order valence-electron chi connectivity index (χ0n) is 21.9. The Balaban J connectivity index is 2.13. The van der Waals surface area contributed by atoms with Gasteiger partial charge < -0.3 is 15.0 Å². The first-order valence-corrected chi connectivity index (χ1v) is 14.1. The van der Waals surface area contributed by atoms with Crippen molar-refractivity contribution < 1.29 is 22.7 Å². The van der Waals surface area contributed by atoms with Crippen LogP contribution < -0.4 is 14.4 Å². The van der Waals surface area contributed by atoms with E-state index in [4.69, 9.17) is 4.74 Å². The molecule has 1 N–H and O–H groups in total. The van der Waals surface area contributed by atoms with Crippen molar-refractivity contribution in [2.24, 2.45) is 5.92 Å². The molecule has 0 aromatic heterocycles. The second kappa shape index (κ2) is 13.9. The van der Waals surface area contributed by atoms with E-state index in [0.717, 1.165) is 11.8 Å². The van der Waals surface area contributed by atoms with Crippen molar-refractivity contribution >= 4 is 27.5 Å². The van der Waals surface area contributed by atoms with E-state index in [2.05, 4.69) is 5.32 Å². The van der Waals surface area contributed by atoms with Crippen LogP contribution in [0.15, 0.2) is 54.6 Å². The first kappa shape index (κ1) is 29.2. The van der Waals surface area contributed by atoms with Crippen LogP contribution in [0.1, 0.15) is 39.2 Å². The lowest BCUT2D eigenvalue weighted by atomic mass is 10.1. The molecule has 2 aromatic carbocycles. The van der Waals surface area contributed by atoms with Crippen molar-refractivity contribution in [2.75, 3.05) is 37.3 Å². The summed E-state index contributed by atoms with van der Waals surface area (Å²) in [7, 11) is -2.11. The molecule has 2 aromatic rings. The number of carbonyl (C=O) groups excluding carboxylic acids is 2. The fourth-order valence-electron chi connectivity index (χ4n) is 3.84. The number of rotatable bonds is 14. The Labute approximate surface area is 215 Å². The highest BCUT2D eigenvalue weighted by Gasteiger charge is 2.26. The predicted octanol–water partition coefficient (Wildman–Crippen LogP) is 3.47. The highest BCUT2D eigenvalue weighted by Crippen LogP contribution is 2.29. The predicted molar refractivity (Wildman–Crippen MR) is 144 cm³/mol. The van der Waals surface area contributed by atoms with Gasteiger partial charge in [0.25, 0.3) is 0 Å². The van der Waals surface area contributed by atoms with Crippen LogP contribution >= 0.6 is 0 Å². The first-order chi connectivity index (χ1) is 17.0. The van der Waals surface area contributed by atoms with E-state index in [1.165, 1.54) is 11.4 Å². The molecule has 0 saturated carbocycles. The zero-order valence-corrected chi connectivity index (χ0v) is 22.8. The monoisotopic (exact) mass is 517 g/mol. The molecule has 0 saturated heterocycles. The number of carbonyl (C=O) groups is 2. The molecule has 0 aliphatic rings. The van der Waals surface area contributed by atoms with Gasteiger partial charge in [-0.05, 0) is 43.4 Å². The molecule has 0 bridgehead atoms.